The number of carboxylic acid groups (broad SMARTS) is 1. The van der Waals surface area contributed by atoms with Crippen LogP contribution in [0.5, 0.6) is 0 Å². The zero-order valence-electron chi connectivity index (χ0n) is 8.95. The van der Waals surface area contributed by atoms with Gasteiger partial charge in [-0.3, -0.25) is 0 Å². The maximum Gasteiger partial charge on any atom is 0.354 e. The van der Waals surface area contributed by atoms with E-state index >= 15 is 0 Å². The van der Waals surface area contributed by atoms with Crippen molar-refractivity contribution in [3.8, 4) is 11.9 Å². The number of pyridine rings is 1. The number of nitrogens with zero attached hydrogens (tertiary/aromatic N) is 4. The van der Waals surface area contributed by atoms with E-state index in [1.54, 1.807) is 25.1 Å². The molecule has 0 saturated carbocycles. The van der Waals surface area contributed by atoms with Crippen molar-refractivity contribution >= 4 is 5.97 Å². The Hall–Kier alpha value is -2.68. The topological polar surface area (TPSA) is 91.8 Å². The molecule has 0 amide bonds. The van der Waals surface area contributed by atoms with Crippen LogP contribution >= 0.6 is 0 Å². The molecule has 84 valence electrons. The first-order valence-corrected chi connectivity index (χ1v) is 4.79. The van der Waals surface area contributed by atoms with Crippen LogP contribution in [0.1, 0.15) is 21.9 Å². The van der Waals surface area contributed by atoms with Gasteiger partial charge in [-0.2, -0.15) is 10.4 Å². The van der Waals surface area contributed by atoms with Gasteiger partial charge in [0.05, 0.1) is 5.69 Å². The lowest BCUT2D eigenvalue weighted by Crippen LogP contribution is -2.09. The summed E-state index contributed by atoms with van der Waals surface area (Å²) < 4.78 is 1.21. The summed E-state index contributed by atoms with van der Waals surface area (Å²) in [6.45, 7) is 1.69. The van der Waals surface area contributed by atoms with Gasteiger partial charge in [-0.05, 0) is 25.1 Å². The number of aryl methyl sites for hydroxylation is 1. The molecule has 2 rings (SSSR count). The first-order chi connectivity index (χ1) is 8.11. The molecule has 2 heterocycles. The maximum atomic E-state index is 11.0. The Morgan fingerprint density at radius 3 is 2.94 bits per heavy atom. The minimum absolute atomic E-state index is 0.0186. The molecule has 0 aromatic carbocycles. The Morgan fingerprint density at radius 2 is 2.29 bits per heavy atom. The van der Waals surface area contributed by atoms with Crippen LogP contribution in [0, 0.1) is 18.3 Å². The van der Waals surface area contributed by atoms with Gasteiger partial charge in [0.25, 0.3) is 0 Å². The van der Waals surface area contributed by atoms with Gasteiger partial charge < -0.3 is 5.11 Å². The van der Waals surface area contributed by atoms with Gasteiger partial charge in [-0.15, -0.1) is 0 Å². The minimum atomic E-state index is -1.09. The third kappa shape index (κ3) is 1.99. The van der Waals surface area contributed by atoms with Crippen LogP contribution in [-0.2, 0) is 0 Å². The van der Waals surface area contributed by atoms with Crippen molar-refractivity contribution < 1.29 is 9.90 Å². The first-order valence-electron chi connectivity index (χ1n) is 4.79. The van der Waals surface area contributed by atoms with Gasteiger partial charge in [0.15, 0.2) is 11.5 Å². The summed E-state index contributed by atoms with van der Waals surface area (Å²) in [5.41, 5.74) is 0.809. The molecule has 0 aliphatic rings. The summed E-state index contributed by atoms with van der Waals surface area (Å²) in [7, 11) is 0. The molecule has 2 aromatic rings. The lowest BCUT2D eigenvalue weighted by molar-refractivity contribution is 0.0687. The van der Waals surface area contributed by atoms with Crippen molar-refractivity contribution in [2.24, 2.45) is 0 Å². The quantitative estimate of drug-likeness (QED) is 0.832. The molecule has 0 atom stereocenters. The van der Waals surface area contributed by atoms with Crippen molar-refractivity contribution in [3.63, 3.8) is 0 Å². The predicted octanol–water partition coefficient (Wildman–Crippen LogP) is 1.15. The molecular weight excluding hydrogens is 220 g/mol. The second-order valence-corrected chi connectivity index (χ2v) is 3.38. The van der Waals surface area contributed by atoms with Gasteiger partial charge in [-0.25, -0.2) is 14.5 Å². The molecule has 0 fully saturated rings. The highest BCUT2D eigenvalue weighted by atomic mass is 16.4. The number of aromatic carboxylic acids is 1. The van der Waals surface area contributed by atoms with E-state index < -0.39 is 5.97 Å². The van der Waals surface area contributed by atoms with E-state index in [2.05, 4.69) is 10.1 Å². The molecule has 17 heavy (non-hydrogen) atoms. The highest BCUT2D eigenvalue weighted by molar-refractivity contribution is 5.86. The van der Waals surface area contributed by atoms with Gasteiger partial charge in [0.1, 0.15) is 11.8 Å². The largest absolute Gasteiger partial charge is 0.477 e. The number of aromatic nitrogens is 3. The van der Waals surface area contributed by atoms with Crippen molar-refractivity contribution in [3.05, 3.63) is 41.3 Å². The normalized spacial score (nSPS) is 9.88. The van der Waals surface area contributed by atoms with Crippen molar-refractivity contribution in [2.75, 3.05) is 0 Å². The third-order valence-electron chi connectivity index (χ3n) is 2.12. The van der Waals surface area contributed by atoms with E-state index in [-0.39, 0.29) is 11.4 Å². The fraction of sp³-hybridized carbons (Fsp3) is 0.0909. The average Bonchev–Trinajstić information content (AvgIpc) is 2.72. The molecule has 6 heteroatoms. The molecule has 0 bridgehead atoms. The lowest BCUT2D eigenvalue weighted by Gasteiger charge is -2.02. The van der Waals surface area contributed by atoms with Crippen molar-refractivity contribution in [1.82, 2.24) is 14.8 Å². The second kappa shape index (κ2) is 4.06. The molecule has 0 aliphatic carbocycles. The molecule has 0 unspecified atom stereocenters. The fourth-order valence-corrected chi connectivity index (χ4v) is 1.43. The molecule has 0 saturated heterocycles. The standard InChI is InChI=1S/C11H8N4O2/c1-7-5-9(11(16)17)15(14-7)10-4-2-3-8(6-12)13-10/h2-5H,1H3,(H,16,17). The Kier molecular flexibility index (Phi) is 2.58. The highest BCUT2D eigenvalue weighted by Crippen LogP contribution is 2.11. The van der Waals surface area contributed by atoms with Crippen molar-refractivity contribution in [2.45, 2.75) is 6.92 Å². The van der Waals surface area contributed by atoms with Gasteiger partial charge >= 0.3 is 5.97 Å². The third-order valence-corrected chi connectivity index (χ3v) is 2.12. The fourth-order valence-electron chi connectivity index (χ4n) is 1.43. The van der Waals surface area contributed by atoms with Crippen LogP contribution in [0.4, 0.5) is 0 Å². The van der Waals surface area contributed by atoms with Gasteiger partial charge in [0.2, 0.25) is 0 Å². The molecule has 1 N–H and O–H groups in total. The van der Waals surface area contributed by atoms with Gasteiger partial charge in [-0.1, -0.05) is 6.07 Å². The zero-order valence-corrected chi connectivity index (χ0v) is 8.95. The molecule has 6 nitrogen and oxygen atoms in total. The molecule has 0 radical (unpaired) electrons. The van der Waals surface area contributed by atoms with Crippen LogP contribution in [0.3, 0.4) is 0 Å². The number of nitriles is 1. The first kappa shape index (κ1) is 10.8. The summed E-state index contributed by atoms with van der Waals surface area (Å²) in [6, 6.07) is 8.11. The Labute approximate surface area is 96.8 Å². The summed E-state index contributed by atoms with van der Waals surface area (Å²) in [5.74, 6) is -0.774. The smallest absolute Gasteiger partial charge is 0.354 e. The molecule has 0 spiro atoms. The highest BCUT2D eigenvalue weighted by Gasteiger charge is 2.14. The van der Waals surface area contributed by atoms with E-state index in [0.717, 1.165) is 0 Å². The average molecular weight is 228 g/mol. The summed E-state index contributed by atoms with van der Waals surface area (Å²) in [6.07, 6.45) is 0. The Bertz CT molecular complexity index is 625. The van der Waals surface area contributed by atoms with E-state index in [9.17, 15) is 4.79 Å². The van der Waals surface area contributed by atoms with E-state index in [0.29, 0.717) is 11.5 Å². The summed E-state index contributed by atoms with van der Waals surface area (Å²) in [4.78, 5) is 15.0. The number of hydrogen-bond donors (Lipinski definition) is 1. The van der Waals surface area contributed by atoms with Crippen LogP contribution in [0.2, 0.25) is 0 Å². The van der Waals surface area contributed by atoms with E-state index in [1.807, 2.05) is 6.07 Å². The van der Waals surface area contributed by atoms with Crippen LogP contribution in [0.15, 0.2) is 24.3 Å². The molecule has 0 aliphatic heterocycles. The zero-order chi connectivity index (χ0) is 12.4. The second-order valence-electron chi connectivity index (χ2n) is 3.38. The minimum Gasteiger partial charge on any atom is -0.477 e. The Morgan fingerprint density at radius 1 is 1.53 bits per heavy atom. The lowest BCUT2D eigenvalue weighted by atomic mass is 10.3. The predicted molar refractivity (Wildman–Crippen MR) is 57.8 cm³/mol. The Balaban J connectivity index is 2.60. The van der Waals surface area contributed by atoms with Crippen LogP contribution in [0.25, 0.3) is 5.82 Å². The van der Waals surface area contributed by atoms with Crippen LogP contribution in [-0.4, -0.2) is 25.8 Å². The summed E-state index contributed by atoms with van der Waals surface area (Å²) in [5, 5.41) is 21.8. The SMILES string of the molecule is Cc1cc(C(=O)O)n(-c2cccc(C#N)n2)n1. The number of carbonyl (C=O) groups is 1. The van der Waals surface area contributed by atoms with Gasteiger partial charge in [0, 0.05) is 0 Å². The number of hydrogen-bond acceptors (Lipinski definition) is 4. The number of rotatable bonds is 2. The molecule has 2 aromatic heterocycles. The monoisotopic (exact) mass is 228 g/mol. The summed E-state index contributed by atoms with van der Waals surface area (Å²) >= 11 is 0. The van der Waals surface area contributed by atoms with Crippen molar-refractivity contribution in [1.29, 1.82) is 5.26 Å². The van der Waals surface area contributed by atoms with Crippen LogP contribution < -0.4 is 0 Å². The maximum absolute atomic E-state index is 11.0. The molecular formula is C11H8N4O2. The van der Waals surface area contributed by atoms with E-state index in [4.69, 9.17) is 10.4 Å². The van der Waals surface area contributed by atoms with E-state index in [1.165, 1.54) is 10.7 Å². The number of carboxylic acids is 1.